The van der Waals surface area contributed by atoms with Gasteiger partial charge in [-0.1, -0.05) is 12.1 Å². The van der Waals surface area contributed by atoms with Gasteiger partial charge in [0.05, 0.1) is 18.1 Å². The average Bonchev–Trinajstić information content (AvgIpc) is 2.60. The molecule has 1 heterocycles. The Hall–Kier alpha value is -3.09. The van der Waals surface area contributed by atoms with Gasteiger partial charge in [-0.3, -0.25) is 14.4 Å². The van der Waals surface area contributed by atoms with Crippen LogP contribution in [0.4, 0.5) is 0 Å². The molecule has 0 saturated heterocycles. The fourth-order valence-corrected chi connectivity index (χ4v) is 2.32. The highest BCUT2D eigenvalue weighted by atomic mass is 16.5. The molecule has 4 N–H and O–H groups in total. The van der Waals surface area contributed by atoms with Crippen molar-refractivity contribution >= 4 is 11.8 Å². The molecule has 2 amide bonds. The fourth-order valence-electron chi connectivity index (χ4n) is 2.32. The average molecular weight is 343 g/mol. The van der Waals surface area contributed by atoms with Crippen molar-refractivity contribution in [3.05, 3.63) is 64.1 Å². The number of ether oxygens (including phenoxy) is 1. The first-order valence-electron chi connectivity index (χ1n) is 7.97. The van der Waals surface area contributed by atoms with E-state index >= 15 is 0 Å². The molecule has 25 heavy (non-hydrogen) atoms. The third-order valence-corrected chi connectivity index (χ3v) is 3.67. The van der Waals surface area contributed by atoms with Crippen LogP contribution in [0, 0.1) is 5.92 Å². The normalized spacial score (nSPS) is 11.6. The van der Waals surface area contributed by atoms with E-state index in [1.807, 2.05) is 31.2 Å². The molecule has 0 radical (unpaired) electrons. The number of amides is 2. The Bertz CT molecular complexity index is 763. The van der Waals surface area contributed by atoms with Crippen LogP contribution in [-0.4, -0.2) is 29.9 Å². The monoisotopic (exact) mass is 343 g/mol. The number of pyridine rings is 1. The molecule has 0 aliphatic rings. The van der Waals surface area contributed by atoms with Crippen LogP contribution >= 0.6 is 0 Å². The first-order chi connectivity index (χ1) is 12.0. The lowest BCUT2D eigenvalue weighted by Gasteiger charge is -2.15. The number of hydrogen-bond donors (Lipinski definition) is 3. The minimum Gasteiger partial charge on any atom is -0.494 e. The molecule has 0 aliphatic heterocycles. The highest BCUT2D eigenvalue weighted by Crippen LogP contribution is 2.15. The highest BCUT2D eigenvalue weighted by molar-refractivity contribution is 5.94. The third kappa shape index (κ3) is 5.49. The number of benzene rings is 1. The van der Waals surface area contributed by atoms with Gasteiger partial charge >= 0.3 is 0 Å². The van der Waals surface area contributed by atoms with Crippen LogP contribution in [0.2, 0.25) is 0 Å². The molecule has 0 fully saturated rings. The minimum atomic E-state index is -0.537. The Kier molecular flexibility index (Phi) is 6.33. The van der Waals surface area contributed by atoms with Crippen molar-refractivity contribution < 1.29 is 14.3 Å². The van der Waals surface area contributed by atoms with E-state index in [1.54, 1.807) is 0 Å². The van der Waals surface area contributed by atoms with Gasteiger partial charge in [0.2, 0.25) is 11.5 Å². The molecule has 0 unspecified atom stereocenters. The van der Waals surface area contributed by atoms with Gasteiger partial charge in [0.15, 0.2) is 0 Å². The Labute approximate surface area is 145 Å². The molecule has 1 aromatic carbocycles. The molecular formula is C18H21N3O4. The summed E-state index contributed by atoms with van der Waals surface area (Å²) < 4.78 is 5.38. The molecule has 7 heteroatoms. The van der Waals surface area contributed by atoms with E-state index in [-0.39, 0.29) is 18.0 Å². The lowest BCUT2D eigenvalue weighted by molar-refractivity contribution is -0.121. The third-order valence-electron chi connectivity index (χ3n) is 3.67. The Balaban J connectivity index is 1.96. The van der Waals surface area contributed by atoms with Crippen molar-refractivity contribution in [1.29, 1.82) is 0 Å². The van der Waals surface area contributed by atoms with E-state index in [1.165, 1.54) is 18.3 Å². The van der Waals surface area contributed by atoms with E-state index < -0.39 is 11.8 Å². The topological polar surface area (TPSA) is 114 Å². The van der Waals surface area contributed by atoms with Crippen molar-refractivity contribution in [2.45, 2.75) is 13.3 Å². The summed E-state index contributed by atoms with van der Waals surface area (Å²) in [5, 5.41) is 2.67. The van der Waals surface area contributed by atoms with Crippen LogP contribution in [0.15, 0.2) is 47.4 Å². The lowest BCUT2D eigenvalue weighted by atomic mass is 9.98. The molecular weight excluding hydrogens is 322 g/mol. The summed E-state index contributed by atoms with van der Waals surface area (Å²) in [5.41, 5.74) is 6.39. The molecule has 0 aliphatic carbocycles. The SMILES string of the molecule is CCOc1ccc(C[C@@H](CNC(=O)c2ccc(=O)[nH]c2)C(N)=O)cc1. The second-order valence-electron chi connectivity index (χ2n) is 5.53. The highest BCUT2D eigenvalue weighted by Gasteiger charge is 2.18. The van der Waals surface area contributed by atoms with E-state index in [2.05, 4.69) is 10.3 Å². The zero-order valence-electron chi connectivity index (χ0n) is 14.0. The molecule has 2 aromatic rings. The molecule has 0 saturated carbocycles. The number of carbonyl (C=O) groups excluding carboxylic acids is 2. The van der Waals surface area contributed by atoms with Crippen LogP contribution in [0.25, 0.3) is 0 Å². The summed E-state index contributed by atoms with van der Waals surface area (Å²) in [5.74, 6) is -0.650. The van der Waals surface area contributed by atoms with Gasteiger partial charge in [0.1, 0.15) is 5.75 Å². The summed E-state index contributed by atoms with van der Waals surface area (Å²) in [7, 11) is 0. The first-order valence-corrected chi connectivity index (χ1v) is 7.97. The van der Waals surface area contributed by atoms with Crippen molar-refractivity contribution in [3.8, 4) is 5.75 Å². The summed E-state index contributed by atoms with van der Waals surface area (Å²) in [4.78, 5) is 37.2. The van der Waals surface area contributed by atoms with Crippen molar-refractivity contribution in [3.63, 3.8) is 0 Å². The van der Waals surface area contributed by atoms with Crippen LogP contribution in [0.1, 0.15) is 22.8 Å². The number of hydrogen-bond acceptors (Lipinski definition) is 4. The number of primary amides is 1. The van der Waals surface area contributed by atoms with Crippen LogP contribution in [0.5, 0.6) is 5.75 Å². The fraction of sp³-hybridized carbons (Fsp3) is 0.278. The van der Waals surface area contributed by atoms with Crippen LogP contribution in [-0.2, 0) is 11.2 Å². The first kappa shape index (κ1) is 18.3. The van der Waals surface area contributed by atoms with Gasteiger partial charge in [0, 0.05) is 18.8 Å². The summed E-state index contributed by atoms with van der Waals surface area (Å²) in [6.07, 6.45) is 1.73. The van der Waals surface area contributed by atoms with Crippen LogP contribution < -0.4 is 21.3 Å². The maximum Gasteiger partial charge on any atom is 0.252 e. The van der Waals surface area contributed by atoms with Crippen molar-refractivity contribution in [2.75, 3.05) is 13.2 Å². The molecule has 1 atom stereocenters. The maximum atomic E-state index is 12.1. The predicted octanol–water partition coefficient (Wildman–Crippen LogP) is 0.848. The van der Waals surface area contributed by atoms with Gasteiger partial charge in [0.25, 0.3) is 5.91 Å². The second kappa shape index (κ2) is 8.68. The smallest absolute Gasteiger partial charge is 0.252 e. The largest absolute Gasteiger partial charge is 0.494 e. The number of carbonyl (C=O) groups is 2. The summed E-state index contributed by atoms with van der Waals surface area (Å²) in [6, 6.07) is 10.1. The summed E-state index contributed by atoms with van der Waals surface area (Å²) in [6.45, 7) is 2.60. The van der Waals surface area contributed by atoms with Gasteiger partial charge in [-0.05, 0) is 37.1 Å². The molecule has 0 bridgehead atoms. The zero-order chi connectivity index (χ0) is 18.2. The predicted molar refractivity (Wildman–Crippen MR) is 93.4 cm³/mol. The number of aromatic amines is 1. The Morgan fingerprint density at radius 1 is 1.20 bits per heavy atom. The summed E-state index contributed by atoms with van der Waals surface area (Å²) >= 11 is 0. The van der Waals surface area contributed by atoms with E-state index in [0.717, 1.165) is 11.3 Å². The molecule has 132 valence electrons. The number of nitrogens with one attached hydrogen (secondary N) is 2. The molecule has 2 rings (SSSR count). The number of aromatic nitrogens is 1. The molecule has 0 spiro atoms. The number of H-pyrrole nitrogens is 1. The van der Waals surface area contributed by atoms with Gasteiger partial charge in [-0.2, -0.15) is 0 Å². The van der Waals surface area contributed by atoms with Gasteiger partial charge in [-0.25, -0.2) is 0 Å². The Morgan fingerprint density at radius 3 is 2.48 bits per heavy atom. The molecule has 1 aromatic heterocycles. The quantitative estimate of drug-likeness (QED) is 0.659. The minimum absolute atomic E-state index is 0.112. The molecule has 7 nitrogen and oxygen atoms in total. The number of nitrogens with two attached hydrogens (primary N) is 1. The van der Waals surface area contributed by atoms with E-state index in [0.29, 0.717) is 18.6 Å². The van der Waals surface area contributed by atoms with E-state index in [9.17, 15) is 14.4 Å². The second-order valence-corrected chi connectivity index (χ2v) is 5.53. The van der Waals surface area contributed by atoms with E-state index in [4.69, 9.17) is 10.5 Å². The van der Waals surface area contributed by atoms with Crippen molar-refractivity contribution in [2.24, 2.45) is 11.7 Å². The lowest BCUT2D eigenvalue weighted by Crippen LogP contribution is -2.37. The van der Waals surface area contributed by atoms with Crippen LogP contribution in [0.3, 0.4) is 0 Å². The Morgan fingerprint density at radius 2 is 1.92 bits per heavy atom. The standard InChI is InChI=1S/C18H21N3O4/c1-2-25-15-6-3-12(4-7-15)9-14(17(19)23)11-21-18(24)13-5-8-16(22)20-10-13/h3-8,10,14H,2,9,11H2,1H3,(H2,19,23)(H,20,22)(H,21,24)/t14-/m0/s1. The van der Waals surface area contributed by atoms with Crippen molar-refractivity contribution in [1.82, 2.24) is 10.3 Å². The zero-order valence-corrected chi connectivity index (χ0v) is 14.0. The van der Waals surface area contributed by atoms with Gasteiger partial charge < -0.3 is 20.8 Å². The van der Waals surface area contributed by atoms with Gasteiger partial charge in [-0.15, -0.1) is 0 Å². The number of rotatable bonds is 8. The maximum absolute atomic E-state index is 12.1.